The molecule has 0 saturated heterocycles. The van der Waals surface area contributed by atoms with E-state index >= 15 is 0 Å². The third-order valence-corrected chi connectivity index (χ3v) is 3.55. The number of nitrogens with zero attached hydrogens (tertiary/aromatic N) is 2. The summed E-state index contributed by atoms with van der Waals surface area (Å²) in [4.78, 5) is 4.49. The first-order chi connectivity index (χ1) is 9.34. The average Bonchev–Trinajstić information content (AvgIpc) is 2.66. The summed E-state index contributed by atoms with van der Waals surface area (Å²) in [5, 5.41) is 19.1. The maximum absolute atomic E-state index is 9.94. The van der Waals surface area contributed by atoms with Crippen LogP contribution in [0.2, 0.25) is 0 Å². The van der Waals surface area contributed by atoms with E-state index in [1.54, 1.807) is 6.92 Å². The summed E-state index contributed by atoms with van der Waals surface area (Å²) in [6.07, 6.45) is 0.0505. The molecule has 5 heteroatoms. The maximum Gasteiger partial charge on any atom is 0.138 e. The molecule has 1 aromatic carbocycles. The van der Waals surface area contributed by atoms with Gasteiger partial charge in [0, 0.05) is 18.8 Å². The molecule has 0 bridgehead atoms. The van der Waals surface area contributed by atoms with E-state index in [1.807, 2.05) is 22.8 Å². The van der Waals surface area contributed by atoms with E-state index in [1.165, 1.54) is 0 Å². The van der Waals surface area contributed by atoms with Crippen molar-refractivity contribution in [3.63, 3.8) is 0 Å². The molecule has 0 spiro atoms. The Morgan fingerprint density at radius 1 is 1.40 bits per heavy atom. The van der Waals surface area contributed by atoms with E-state index in [-0.39, 0.29) is 12.0 Å². The average molecular weight is 277 g/mol. The summed E-state index contributed by atoms with van der Waals surface area (Å²) in [6.45, 7) is 6.74. The fourth-order valence-electron chi connectivity index (χ4n) is 2.46. The number of benzene rings is 1. The zero-order valence-corrected chi connectivity index (χ0v) is 12.3. The van der Waals surface area contributed by atoms with Gasteiger partial charge in [-0.1, -0.05) is 13.8 Å². The molecule has 2 rings (SSSR count). The number of fused-ring (bicyclic) bond motifs is 1. The number of nitrogens with two attached hydrogens (primary N) is 1. The van der Waals surface area contributed by atoms with Gasteiger partial charge in [-0.3, -0.25) is 0 Å². The van der Waals surface area contributed by atoms with Crippen LogP contribution in [0, 0.1) is 5.41 Å². The lowest BCUT2D eigenvalue weighted by molar-refractivity contribution is 0.166. The van der Waals surface area contributed by atoms with Crippen LogP contribution in [0.1, 0.15) is 39.1 Å². The lowest BCUT2D eigenvalue weighted by atomic mass is 9.89. The summed E-state index contributed by atoms with van der Waals surface area (Å²) in [5.41, 5.74) is 8.13. The summed E-state index contributed by atoms with van der Waals surface area (Å²) in [6, 6.07) is 5.58. The monoisotopic (exact) mass is 277 g/mol. The molecule has 1 aromatic heterocycles. The number of aromatic nitrogens is 2. The second kappa shape index (κ2) is 5.42. The standard InChI is InChI=1S/C15H23N3O2/c1-10(20)14-17-12-8-11(16)4-5-13(12)18(14)9-15(2,3)6-7-19/h4-5,8,10,19-20H,6-7,9,16H2,1-3H3. The summed E-state index contributed by atoms with van der Waals surface area (Å²) in [5.74, 6) is 0.636. The molecule has 20 heavy (non-hydrogen) atoms. The first-order valence-corrected chi connectivity index (χ1v) is 6.88. The zero-order valence-electron chi connectivity index (χ0n) is 12.3. The Morgan fingerprint density at radius 3 is 2.70 bits per heavy atom. The molecule has 4 N–H and O–H groups in total. The topological polar surface area (TPSA) is 84.3 Å². The molecule has 1 unspecified atom stereocenters. The van der Waals surface area contributed by atoms with Crippen molar-refractivity contribution in [1.82, 2.24) is 9.55 Å². The van der Waals surface area contributed by atoms with E-state index in [9.17, 15) is 5.11 Å². The highest BCUT2D eigenvalue weighted by Crippen LogP contribution is 2.29. The molecular formula is C15H23N3O2. The Morgan fingerprint density at radius 2 is 2.10 bits per heavy atom. The molecule has 0 aliphatic rings. The molecule has 1 atom stereocenters. The van der Waals surface area contributed by atoms with Crippen LogP contribution in [0.3, 0.4) is 0 Å². The third-order valence-electron chi connectivity index (χ3n) is 3.55. The van der Waals surface area contributed by atoms with Crippen LogP contribution in [-0.4, -0.2) is 26.4 Å². The van der Waals surface area contributed by atoms with E-state index in [4.69, 9.17) is 10.8 Å². The van der Waals surface area contributed by atoms with Crippen LogP contribution >= 0.6 is 0 Å². The van der Waals surface area contributed by atoms with Crippen molar-refractivity contribution in [1.29, 1.82) is 0 Å². The summed E-state index contributed by atoms with van der Waals surface area (Å²) >= 11 is 0. The Kier molecular flexibility index (Phi) is 4.01. The van der Waals surface area contributed by atoms with E-state index in [2.05, 4.69) is 18.8 Å². The molecule has 110 valence electrons. The first-order valence-electron chi connectivity index (χ1n) is 6.88. The van der Waals surface area contributed by atoms with E-state index < -0.39 is 6.10 Å². The molecule has 0 fully saturated rings. The van der Waals surface area contributed by atoms with Crippen molar-refractivity contribution in [2.24, 2.45) is 5.41 Å². The Bertz CT molecular complexity index is 602. The second-order valence-corrected chi connectivity index (χ2v) is 6.12. The van der Waals surface area contributed by atoms with Gasteiger partial charge in [-0.05, 0) is 37.0 Å². The van der Waals surface area contributed by atoms with Crippen LogP contribution in [0.25, 0.3) is 11.0 Å². The van der Waals surface area contributed by atoms with Crippen molar-refractivity contribution in [2.45, 2.75) is 39.8 Å². The predicted octanol–water partition coefficient (Wildman–Crippen LogP) is 2.08. The van der Waals surface area contributed by atoms with Crippen molar-refractivity contribution >= 4 is 16.7 Å². The van der Waals surface area contributed by atoms with Gasteiger partial charge in [0.05, 0.1) is 11.0 Å². The highest BCUT2D eigenvalue weighted by molar-refractivity contribution is 5.79. The molecule has 1 heterocycles. The summed E-state index contributed by atoms with van der Waals surface area (Å²) in [7, 11) is 0. The van der Waals surface area contributed by atoms with Crippen LogP contribution in [0.5, 0.6) is 0 Å². The van der Waals surface area contributed by atoms with Crippen LogP contribution in [-0.2, 0) is 6.54 Å². The largest absolute Gasteiger partial charge is 0.399 e. The number of aliphatic hydroxyl groups excluding tert-OH is 2. The fraction of sp³-hybridized carbons (Fsp3) is 0.533. The van der Waals surface area contributed by atoms with Crippen LogP contribution in [0.4, 0.5) is 5.69 Å². The van der Waals surface area contributed by atoms with Gasteiger partial charge in [-0.2, -0.15) is 0 Å². The highest BCUT2D eigenvalue weighted by Gasteiger charge is 2.23. The highest BCUT2D eigenvalue weighted by atomic mass is 16.3. The molecule has 0 aliphatic carbocycles. The molecule has 0 amide bonds. The Hall–Kier alpha value is -1.59. The number of hydrogen-bond acceptors (Lipinski definition) is 4. The third kappa shape index (κ3) is 2.94. The van der Waals surface area contributed by atoms with Crippen molar-refractivity contribution < 1.29 is 10.2 Å². The Balaban J connectivity index is 2.51. The Labute approximate surface area is 119 Å². The van der Waals surface area contributed by atoms with Gasteiger partial charge < -0.3 is 20.5 Å². The van der Waals surface area contributed by atoms with Gasteiger partial charge in [0.25, 0.3) is 0 Å². The minimum absolute atomic E-state index is 0.0760. The van der Waals surface area contributed by atoms with Gasteiger partial charge in [-0.15, -0.1) is 0 Å². The molecule has 5 nitrogen and oxygen atoms in total. The van der Waals surface area contributed by atoms with Crippen molar-refractivity contribution in [3.8, 4) is 0 Å². The minimum Gasteiger partial charge on any atom is -0.399 e. The maximum atomic E-state index is 9.94. The minimum atomic E-state index is -0.645. The lowest BCUT2D eigenvalue weighted by Gasteiger charge is -2.26. The SMILES string of the molecule is CC(O)c1nc2cc(N)ccc2n1CC(C)(C)CCO. The molecule has 0 radical (unpaired) electrons. The van der Waals surface area contributed by atoms with Crippen LogP contribution < -0.4 is 5.73 Å². The predicted molar refractivity (Wildman–Crippen MR) is 80.3 cm³/mol. The number of aliphatic hydroxyl groups is 2. The van der Waals surface area contributed by atoms with Gasteiger partial charge in [0.15, 0.2) is 0 Å². The molecule has 0 saturated carbocycles. The molecule has 2 aromatic rings. The van der Waals surface area contributed by atoms with E-state index in [0.29, 0.717) is 24.5 Å². The number of rotatable bonds is 5. The number of hydrogen-bond donors (Lipinski definition) is 3. The first kappa shape index (κ1) is 14.8. The number of nitrogen functional groups attached to an aromatic ring is 1. The molecular weight excluding hydrogens is 254 g/mol. The van der Waals surface area contributed by atoms with Gasteiger partial charge in [0.1, 0.15) is 11.9 Å². The summed E-state index contributed by atoms with van der Waals surface area (Å²) < 4.78 is 2.02. The van der Waals surface area contributed by atoms with Crippen LogP contribution in [0.15, 0.2) is 18.2 Å². The number of imidazole rings is 1. The number of anilines is 1. The second-order valence-electron chi connectivity index (χ2n) is 6.12. The van der Waals surface area contributed by atoms with Gasteiger partial charge in [-0.25, -0.2) is 4.98 Å². The smallest absolute Gasteiger partial charge is 0.138 e. The van der Waals surface area contributed by atoms with E-state index in [0.717, 1.165) is 11.0 Å². The van der Waals surface area contributed by atoms with Crippen molar-refractivity contribution in [2.75, 3.05) is 12.3 Å². The fourth-order valence-corrected chi connectivity index (χ4v) is 2.46. The lowest BCUT2D eigenvalue weighted by Crippen LogP contribution is -2.23. The van der Waals surface area contributed by atoms with Gasteiger partial charge in [0.2, 0.25) is 0 Å². The van der Waals surface area contributed by atoms with Crippen molar-refractivity contribution in [3.05, 3.63) is 24.0 Å². The molecule has 0 aliphatic heterocycles. The quantitative estimate of drug-likeness (QED) is 0.731. The zero-order chi connectivity index (χ0) is 14.9. The van der Waals surface area contributed by atoms with Gasteiger partial charge >= 0.3 is 0 Å². The normalized spacial score (nSPS) is 13.8.